The van der Waals surface area contributed by atoms with Crippen molar-refractivity contribution in [1.29, 1.82) is 0 Å². The van der Waals surface area contributed by atoms with Gasteiger partial charge < -0.3 is 14.9 Å². The van der Waals surface area contributed by atoms with E-state index in [-0.39, 0.29) is 18.1 Å². The number of carbonyl (C=O) groups excluding carboxylic acids is 1. The van der Waals surface area contributed by atoms with Crippen molar-refractivity contribution in [2.75, 3.05) is 13.7 Å². The van der Waals surface area contributed by atoms with Crippen LogP contribution in [-0.2, 0) is 14.4 Å². The Morgan fingerprint density at radius 2 is 2.20 bits per heavy atom. The topological polar surface area (TPSA) is 59.9 Å². The van der Waals surface area contributed by atoms with E-state index < -0.39 is 17.3 Å². The molecule has 0 aromatic rings. The lowest BCUT2D eigenvalue weighted by Crippen LogP contribution is -2.38. The number of carbonyl (C=O) groups is 1. The van der Waals surface area contributed by atoms with Crippen LogP contribution in [0.1, 0.15) is 46.0 Å². The third-order valence-electron chi connectivity index (χ3n) is 4.37. The van der Waals surface area contributed by atoms with Crippen molar-refractivity contribution in [2.24, 2.45) is 10.6 Å². The van der Waals surface area contributed by atoms with Crippen molar-refractivity contribution >= 4 is 11.6 Å². The van der Waals surface area contributed by atoms with Crippen LogP contribution in [0.5, 0.6) is 0 Å². The van der Waals surface area contributed by atoms with E-state index in [4.69, 9.17) is 9.57 Å². The summed E-state index contributed by atoms with van der Waals surface area (Å²) in [6.07, 6.45) is -0.630. The van der Waals surface area contributed by atoms with E-state index in [1.807, 2.05) is 6.92 Å². The van der Waals surface area contributed by atoms with E-state index in [9.17, 15) is 18.0 Å². The molecule has 0 fully saturated rings. The predicted molar refractivity (Wildman–Crippen MR) is 86.6 cm³/mol. The third kappa shape index (κ3) is 3.99. The molecule has 5 nitrogen and oxygen atoms in total. The Bertz CT molecular complexity index is 623. The van der Waals surface area contributed by atoms with Crippen molar-refractivity contribution in [3.8, 4) is 0 Å². The second-order valence-corrected chi connectivity index (χ2v) is 6.32. The molecule has 1 N–H and O–H groups in total. The summed E-state index contributed by atoms with van der Waals surface area (Å²) in [5.74, 6) is 0.679. The van der Waals surface area contributed by atoms with E-state index in [0.717, 1.165) is 6.42 Å². The van der Waals surface area contributed by atoms with E-state index in [1.54, 1.807) is 13.1 Å². The molecule has 0 saturated heterocycles. The van der Waals surface area contributed by atoms with Gasteiger partial charge in [0.05, 0.1) is 12.0 Å². The van der Waals surface area contributed by atoms with Crippen LogP contribution in [0.4, 0.5) is 13.2 Å². The molecule has 0 radical (unpaired) electrons. The number of nitrogens with one attached hydrogen (secondary N) is 1. The molecule has 0 saturated carbocycles. The first-order chi connectivity index (χ1) is 11.7. The standard InChI is InChI=1S/C17H23F3N2O3/c1-4-6-11-12(24-10-5-7-13(23)21-3)8-9-16(2)14(11)25-22-15(16)17(18,19)20/h8H,4-7,9-10H2,1-3H3,(H,21,23). The predicted octanol–water partition coefficient (Wildman–Crippen LogP) is 3.83. The molecule has 2 aliphatic rings. The Kier molecular flexibility index (Phi) is 5.80. The fourth-order valence-corrected chi connectivity index (χ4v) is 3.05. The van der Waals surface area contributed by atoms with Crippen LogP contribution in [0.25, 0.3) is 0 Å². The molecule has 0 aromatic carbocycles. The molecule has 25 heavy (non-hydrogen) atoms. The molecule has 0 aromatic heterocycles. The zero-order valence-electron chi connectivity index (χ0n) is 14.6. The molecule has 1 amide bonds. The summed E-state index contributed by atoms with van der Waals surface area (Å²) in [6, 6.07) is 0. The number of nitrogens with zero attached hydrogens (tertiary/aromatic N) is 1. The highest BCUT2D eigenvalue weighted by Crippen LogP contribution is 2.50. The SMILES string of the molecule is CCCC1=C2ON=C(C(F)(F)F)C2(C)CC=C1OCCCC(=O)NC. The van der Waals surface area contributed by atoms with Gasteiger partial charge in [-0.05, 0) is 32.3 Å². The average Bonchev–Trinajstić information content (AvgIpc) is 2.90. The summed E-state index contributed by atoms with van der Waals surface area (Å²) >= 11 is 0. The second-order valence-electron chi connectivity index (χ2n) is 6.32. The van der Waals surface area contributed by atoms with Crippen molar-refractivity contribution in [1.82, 2.24) is 5.32 Å². The summed E-state index contributed by atoms with van der Waals surface area (Å²) in [5, 5.41) is 5.84. The van der Waals surface area contributed by atoms with Gasteiger partial charge in [0.25, 0.3) is 0 Å². The molecular formula is C17H23F3N2O3. The summed E-state index contributed by atoms with van der Waals surface area (Å²) < 4.78 is 45.4. The Balaban J connectivity index is 2.14. The largest absolute Gasteiger partial charge is 0.493 e. The molecule has 1 atom stereocenters. The van der Waals surface area contributed by atoms with Crippen molar-refractivity contribution in [3.05, 3.63) is 23.2 Å². The average molecular weight is 360 g/mol. The lowest BCUT2D eigenvalue weighted by atomic mass is 9.74. The number of fused-ring (bicyclic) bond motifs is 1. The molecule has 1 heterocycles. The van der Waals surface area contributed by atoms with Gasteiger partial charge in [0, 0.05) is 19.0 Å². The Morgan fingerprint density at radius 1 is 1.48 bits per heavy atom. The van der Waals surface area contributed by atoms with Crippen LogP contribution >= 0.6 is 0 Å². The Morgan fingerprint density at radius 3 is 2.80 bits per heavy atom. The quantitative estimate of drug-likeness (QED) is 0.702. The van der Waals surface area contributed by atoms with Crippen LogP contribution < -0.4 is 5.32 Å². The minimum atomic E-state index is -4.53. The molecule has 1 aliphatic heterocycles. The lowest BCUT2D eigenvalue weighted by Gasteiger charge is -2.31. The highest BCUT2D eigenvalue weighted by Gasteiger charge is 2.56. The van der Waals surface area contributed by atoms with E-state index in [2.05, 4.69) is 10.5 Å². The summed E-state index contributed by atoms with van der Waals surface area (Å²) in [5.41, 5.74) is -1.59. The zero-order chi connectivity index (χ0) is 18.7. The van der Waals surface area contributed by atoms with Gasteiger partial charge in [-0.25, -0.2) is 0 Å². The van der Waals surface area contributed by atoms with Crippen molar-refractivity contribution < 1.29 is 27.5 Å². The molecule has 140 valence electrons. The van der Waals surface area contributed by atoms with E-state index >= 15 is 0 Å². The van der Waals surface area contributed by atoms with Crippen molar-refractivity contribution in [3.63, 3.8) is 0 Å². The van der Waals surface area contributed by atoms with Crippen LogP contribution in [0.3, 0.4) is 0 Å². The number of amides is 1. The number of alkyl halides is 3. The van der Waals surface area contributed by atoms with Gasteiger partial charge in [0.2, 0.25) is 5.91 Å². The van der Waals surface area contributed by atoms with Crippen LogP contribution in [-0.4, -0.2) is 31.4 Å². The van der Waals surface area contributed by atoms with Gasteiger partial charge >= 0.3 is 6.18 Å². The van der Waals surface area contributed by atoms with Crippen LogP contribution in [0.2, 0.25) is 0 Å². The van der Waals surface area contributed by atoms with Gasteiger partial charge in [-0.3, -0.25) is 4.79 Å². The molecule has 1 aliphatic carbocycles. The highest BCUT2D eigenvalue weighted by atomic mass is 19.4. The minimum Gasteiger partial charge on any atom is -0.493 e. The lowest BCUT2D eigenvalue weighted by molar-refractivity contribution is -0.120. The number of hydrogen-bond acceptors (Lipinski definition) is 4. The summed E-state index contributed by atoms with van der Waals surface area (Å²) in [4.78, 5) is 16.3. The number of rotatable bonds is 7. The molecule has 0 bridgehead atoms. The molecule has 0 spiro atoms. The first kappa shape index (κ1) is 19.3. The number of hydrogen-bond donors (Lipinski definition) is 1. The molecule has 2 rings (SSSR count). The zero-order valence-corrected chi connectivity index (χ0v) is 14.6. The third-order valence-corrected chi connectivity index (χ3v) is 4.37. The monoisotopic (exact) mass is 360 g/mol. The van der Waals surface area contributed by atoms with Gasteiger partial charge in [0.15, 0.2) is 11.5 Å². The number of ether oxygens (including phenoxy) is 1. The smallest absolute Gasteiger partial charge is 0.433 e. The maximum atomic E-state index is 13.2. The number of allylic oxidation sites excluding steroid dienone is 3. The molecule has 1 unspecified atom stereocenters. The minimum absolute atomic E-state index is 0.0803. The van der Waals surface area contributed by atoms with E-state index in [0.29, 0.717) is 37.2 Å². The van der Waals surface area contributed by atoms with Crippen molar-refractivity contribution in [2.45, 2.75) is 52.1 Å². The first-order valence-corrected chi connectivity index (χ1v) is 8.34. The second kappa shape index (κ2) is 7.49. The summed E-state index contributed by atoms with van der Waals surface area (Å²) in [6.45, 7) is 3.74. The Hall–Kier alpha value is -1.99. The maximum Gasteiger partial charge on any atom is 0.433 e. The maximum absolute atomic E-state index is 13.2. The molecule has 8 heteroatoms. The van der Waals surface area contributed by atoms with Gasteiger partial charge in [-0.2, -0.15) is 13.2 Å². The molecular weight excluding hydrogens is 337 g/mol. The number of oxime groups is 1. The Labute approximate surface area is 144 Å². The van der Waals surface area contributed by atoms with Gasteiger partial charge in [-0.15, -0.1) is 0 Å². The fraction of sp³-hybridized carbons (Fsp3) is 0.647. The van der Waals surface area contributed by atoms with Gasteiger partial charge in [0.1, 0.15) is 5.76 Å². The van der Waals surface area contributed by atoms with Crippen LogP contribution in [0.15, 0.2) is 28.3 Å². The van der Waals surface area contributed by atoms with Crippen LogP contribution in [0, 0.1) is 5.41 Å². The van der Waals surface area contributed by atoms with Gasteiger partial charge in [-0.1, -0.05) is 18.5 Å². The van der Waals surface area contributed by atoms with E-state index in [1.165, 1.54) is 6.92 Å². The highest BCUT2D eigenvalue weighted by molar-refractivity contribution is 5.98. The first-order valence-electron chi connectivity index (χ1n) is 8.34. The summed E-state index contributed by atoms with van der Waals surface area (Å²) in [7, 11) is 1.56. The normalized spacial score (nSPS) is 22.8. The number of halogens is 3. The fourth-order valence-electron chi connectivity index (χ4n) is 3.05.